The van der Waals surface area contributed by atoms with Crippen molar-refractivity contribution in [2.24, 2.45) is 0 Å². The Labute approximate surface area is 133 Å². The predicted molar refractivity (Wildman–Crippen MR) is 77.1 cm³/mol. The Morgan fingerprint density at radius 3 is 2.23 bits per heavy atom. The molecule has 120 valence electrons. The van der Waals surface area contributed by atoms with Gasteiger partial charge in [0.1, 0.15) is 11.5 Å². The smallest absolute Gasteiger partial charge is 0.267 e. The van der Waals surface area contributed by atoms with Crippen LogP contribution in [0.5, 0.6) is 0 Å². The maximum atomic E-state index is 12.7. The summed E-state index contributed by atoms with van der Waals surface area (Å²) in [5, 5.41) is 3.18. The van der Waals surface area contributed by atoms with Crippen molar-refractivity contribution in [3.63, 3.8) is 0 Å². The van der Waals surface area contributed by atoms with Crippen LogP contribution in [0.3, 0.4) is 0 Å². The molecule has 0 fully saturated rings. The summed E-state index contributed by atoms with van der Waals surface area (Å²) in [7, 11) is -3.61. The lowest BCUT2D eigenvalue weighted by atomic mass is 10.2. The molecule has 11 heteroatoms. The molecule has 0 saturated carbocycles. The van der Waals surface area contributed by atoms with E-state index in [4.69, 9.17) is 23.2 Å². The molecule has 22 heavy (non-hydrogen) atoms. The van der Waals surface area contributed by atoms with E-state index in [9.17, 15) is 21.6 Å². The summed E-state index contributed by atoms with van der Waals surface area (Å²) >= 11 is 11.7. The van der Waals surface area contributed by atoms with E-state index in [1.165, 1.54) is 12.3 Å². The zero-order valence-electron chi connectivity index (χ0n) is 10.8. The molecular formula is C11H8Cl2F3N3O2S. The third-order valence-electron chi connectivity index (χ3n) is 2.49. The highest BCUT2D eigenvalue weighted by atomic mass is 35.5. The van der Waals surface area contributed by atoms with Gasteiger partial charge in [0.15, 0.2) is 0 Å². The Balaban J connectivity index is 2.58. The van der Waals surface area contributed by atoms with Crippen molar-refractivity contribution in [2.75, 3.05) is 11.0 Å². The van der Waals surface area contributed by atoms with E-state index < -0.39 is 21.8 Å². The SMILES string of the molecule is CS(=O)(=O)Nc1ccnn1-c1c(Cl)cc(C(F)(F)F)cc1Cl. The average Bonchev–Trinajstić information content (AvgIpc) is 2.72. The lowest BCUT2D eigenvalue weighted by molar-refractivity contribution is -0.137. The van der Waals surface area contributed by atoms with Crippen molar-refractivity contribution in [3.8, 4) is 5.69 Å². The highest BCUT2D eigenvalue weighted by Gasteiger charge is 2.32. The maximum Gasteiger partial charge on any atom is 0.416 e. The lowest BCUT2D eigenvalue weighted by Crippen LogP contribution is -2.14. The molecule has 0 saturated heterocycles. The van der Waals surface area contributed by atoms with Gasteiger partial charge in [-0.05, 0) is 12.1 Å². The average molecular weight is 374 g/mol. The van der Waals surface area contributed by atoms with Gasteiger partial charge in [0.2, 0.25) is 10.0 Å². The molecule has 0 bridgehead atoms. The van der Waals surface area contributed by atoms with Gasteiger partial charge < -0.3 is 0 Å². The van der Waals surface area contributed by atoms with E-state index in [2.05, 4.69) is 9.82 Å². The number of nitrogens with one attached hydrogen (secondary N) is 1. The van der Waals surface area contributed by atoms with Crippen LogP contribution in [0.2, 0.25) is 10.0 Å². The Bertz CT molecular complexity index is 795. The summed E-state index contributed by atoms with van der Waals surface area (Å²) in [5.74, 6) is -0.00828. The van der Waals surface area contributed by atoms with Crippen molar-refractivity contribution in [3.05, 3.63) is 40.0 Å². The first-order valence-corrected chi connectivity index (χ1v) is 8.22. The molecule has 2 aromatic rings. The Hall–Kier alpha value is -1.45. The molecule has 0 spiro atoms. The molecule has 0 atom stereocenters. The number of benzene rings is 1. The van der Waals surface area contributed by atoms with Crippen LogP contribution in [0.25, 0.3) is 5.69 Å². The minimum Gasteiger partial charge on any atom is -0.267 e. The van der Waals surface area contributed by atoms with Gasteiger partial charge in [-0.2, -0.15) is 18.3 Å². The van der Waals surface area contributed by atoms with Crippen molar-refractivity contribution in [1.82, 2.24) is 9.78 Å². The van der Waals surface area contributed by atoms with Gasteiger partial charge in [-0.25, -0.2) is 13.1 Å². The molecule has 5 nitrogen and oxygen atoms in total. The monoisotopic (exact) mass is 373 g/mol. The third kappa shape index (κ3) is 3.65. The summed E-state index contributed by atoms with van der Waals surface area (Å²) in [6, 6.07) is 2.69. The van der Waals surface area contributed by atoms with Gasteiger partial charge in [0.25, 0.3) is 0 Å². The van der Waals surface area contributed by atoms with Crippen molar-refractivity contribution < 1.29 is 21.6 Å². The standard InChI is InChI=1S/C11H8Cl2F3N3O2S/c1-22(20,21)18-9-2-3-17-19(9)10-7(12)4-6(5-8(10)13)11(14,15)16/h2-5,18H,1H3. The van der Waals surface area contributed by atoms with Gasteiger partial charge in [-0.1, -0.05) is 23.2 Å². The summed E-state index contributed by atoms with van der Waals surface area (Å²) in [5.41, 5.74) is -1.08. The predicted octanol–water partition coefficient (Wildman–Crippen LogP) is 3.57. The summed E-state index contributed by atoms with van der Waals surface area (Å²) in [6.45, 7) is 0. The molecule has 1 heterocycles. The van der Waals surface area contributed by atoms with Crippen LogP contribution in [0.1, 0.15) is 5.56 Å². The first-order chi connectivity index (χ1) is 9.99. The van der Waals surface area contributed by atoms with Crippen molar-refractivity contribution in [1.29, 1.82) is 0 Å². The van der Waals surface area contributed by atoms with E-state index >= 15 is 0 Å². The van der Waals surface area contributed by atoms with E-state index in [0.29, 0.717) is 12.1 Å². The Morgan fingerprint density at radius 1 is 1.23 bits per heavy atom. The van der Waals surface area contributed by atoms with Crippen LogP contribution in [0, 0.1) is 0 Å². The molecular weight excluding hydrogens is 366 g/mol. The molecule has 0 aliphatic heterocycles. The van der Waals surface area contributed by atoms with Crippen LogP contribution in [-0.4, -0.2) is 24.5 Å². The number of hydrogen-bond acceptors (Lipinski definition) is 3. The highest BCUT2D eigenvalue weighted by Crippen LogP contribution is 2.38. The number of anilines is 1. The quantitative estimate of drug-likeness (QED) is 0.894. The fourth-order valence-corrected chi connectivity index (χ4v) is 2.86. The van der Waals surface area contributed by atoms with Gasteiger partial charge >= 0.3 is 6.18 Å². The summed E-state index contributed by atoms with van der Waals surface area (Å²) in [4.78, 5) is 0. The largest absolute Gasteiger partial charge is 0.416 e. The van der Waals surface area contributed by atoms with Gasteiger partial charge in [0, 0.05) is 6.07 Å². The molecule has 2 rings (SSSR count). The molecule has 1 aromatic carbocycles. The first-order valence-electron chi connectivity index (χ1n) is 5.57. The molecule has 0 aliphatic carbocycles. The molecule has 1 aromatic heterocycles. The summed E-state index contributed by atoms with van der Waals surface area (Å²) in [6.07, 6.45) is -2.44. The molecule has 0 unspecified atom stereocenters. The van der Waals surface area contributed by atoms with Crippen molar-refractivity contribution >= 4 is 39.0 Å². The number of hydrogen-bond donors (Lipinski definition) is 1. The Kier molecular flexibility index (Phi) is 4.33. The van der Waals surface area contributed by atoms with Crippen LogP contribution < -0.4 is 4.72 Å². The van der Waals surface area contributed by atoms with Crippen LogP contribution in [0.4, 0.5) is 19.0 Å². The summed E-state index contributed by atoms with van der Waals surface area (Å²) < 4.78 is 63.8. The zero-order valence-corrected chi connectivity index (χ0v) is 13.1. The normalized spacial score (nSPS) is 12.5. The maximum absolute atomic E-state index is 12.7. The topological polar surface area (TPSA) is 64.0 Å². The second-order valence-corrected chi connectivity index (χ2v) is 6.85. The fraction of sp³-hybridized carbons (Fsp3) is 0.182. The van der Waals surface area contributed by atoms with E-state index in [1.807, 2.05) is 0 Å². The number of alkyl halides is 3. The number of halogens is 5. The van der Waals surface area contributed by atoms with E-state index in [1.54, 1.807) is 0 Å². The molecule has 1 N–H and O–H groups in total. The lowest BCUT2D eigenvalue weighted by Gasteiger charge is -2.14. The first kappa shape index (κ1) is 16.9. The minimum atomic E-state index is -4.61. The fourth-order valence-electron chi connectivity index (χ4n) is 1.68. The molecule has 0 amide bonds. The molecule has 0 aliphatic rings. The Morgan fingerprint density at radius 2 is 1.77 bits per heavy atom. The highest BCUT2D eigenvalue weighted by molar-refractivity contribution is 7.92. The van der Waals surface area contributed by atoms with Gasteiger partial charge in [-0.3, -0.25) is 4.72 Å². The third-order valence-corrected chi connectivity index (χ3v) is 3.64. The number of sulfonamides is 1. The van der Waals surface area contributed by atoms with E-state index in [0.717, 1.165) is 10.9 Å². The van der Waals surface area contributed by atoms with Gasteiger partial charge in [0.05, 0.1) is 28.1 Å². The van der Waals surface area contributed by atoms with E-state index in [-0.39, 0.29) is 21.6 Å². The molecule has 0 radical (unpaired) electrons. The number of aromatic nitrogens is 2. The minimum absolute atomic E-state index is 0.00828. The van der Waals surface area contributed by atoms with Crippen LogP contribution in [-0.2, 0) is 16.2 Å². The second-order valence-electron chi connectivity index (χ2n) is 4.29. The van der Waals surface area contributed by atoms with Crippen LogP contribution >= 0.6 is 23.2 Å². The number of rotatable bonds is 3. The van der Waals surface area contributed by atoms with Crippen molar-refractivity contribution in [2.45, 2.75) is 6.18 Å². The zero-order chi connectivity index (χ0) is 16.7. The number of nitrogens with zero attached hydrogens (tertiary/aromatic N) is 2. The van der Waals surface area contributed by atoms with Crippen LogP contribution in [0.15, 0.2) is 24.4 Å². The second kappa shape index (κ2) is 5.64. The van der Waals surface area contributed by atoms with Gasteiger partial charge in [-0.15, -0.1) is 0 Å².